The first kappa shape index (κ1) is 9.60. The van der Waals surface area contributed by atoms with Gasteiger partial charge in [0.15, 0.2) is 0 Å². The van der Waals surface area contributed by atoms with Crippen molar-refractivity contribution in [1.29, 1.82) is 0 Å². The van der Waals surface area contributed by atoms with Crippen molar-refractivity contribution in [2.75, 3.05) is 11.4 Å². The third-order valence-electron chi connectivity index (χ3n) is 2.56. The van der Waals surface area contributed by atoms with E-state index < -0.39 is 5.91 Å². The Morgan fingerprint density at radius 3 is 3.07 bits per heavy atom. The van der Waals surface area contributed by atoms with Crippen LogP contribution in [0.4, 0.5) is 5.69 Å². The van der Waals surface area contributed by atoms with Crippen LogP contribution >= 0.6 is 0 Å². The van der Waals surface area contributed by atoms with E-state index in [-0.39, 0.29) is 5.75 Å². The SMILES string of the molecule is C#CC(=O)N1CCCc2cccc(O)c21. The molecule has 76 valence electrons. The number of aromatic hydroxyl groups is 1. The Bertz CT molecular complexity index is 445. The van der Waals surface area contributed by atoms with Crippen molar-refractivity contribution >= 4 is 11.6 Å². The molecule has 15 heavy (non-hydrogen) atoms. The number of nitrogens with zero attached hydrogens (tertiary/aromatic N) is 1. The Labute approximate surface area is 88.3 Å². The van der Waals surface area contributed by atoms with Crippen LogP contribution in [0.3, 0.4) is 0 Å². The summed E-state index contributed by atoms with van der Waals surface area (Å²) in [6.45, 7) is 0.577. The highest BCUT2D eigenvalue weighted by atomic mass is 16.3. The molecule has 3 heteroatoms. The normalized spacial score (nSPS) is 14.2. The molecule has 1 aromatic rings. The van der Waals surface area contributed by atoms with E-state index in [1.165, 1.54) is 4.90 Å². The summed E-state index contributed by atoms with van der Waals surface area (Å²) < 4.78 is 0. The summed E-state index contributed by atoms with van der Waals surface area (Å²) in [6.07, 6.45) is 6.84. The first-order valence-electron chi connectivity index (χ1n) is 4.83. The van der Waals surface area contributed by atoms with Crippen molar-refractivity contribution in [3.63, 3.8) is 0 Å². The molecule has 0 saturated carbocycles. The molecule has 0 saturated heterocycles. The molecule has 0 aromatic heterocycles. The van der Waals surface area contributed by atoms with E-state index in [2.05, 4.69) is 5.92 Å². The fourth-order valence-corrected chi connectivity index (χ4v) is 1.91. The molecule has 0 spiro atoms. The molecule has 0 atom stereocenters. The van der Waals surface area contributed by atoms with Crippen LogP contribution < -0.4 is 4.90 Å². The quantitative estimate of drug-likeness (QED) is 0.643. The predicted molar refractivity (Wildman–Crippen MR) is 57.6 cm³/mol. The molecule has 1 amide bonds. The standard InChI is InChI=1S/C12H11NO2/c1-2-11(15)13-8-4-6-9-5-3-7-10(14)12(9)13/h1,3,5,7,14H,4,6,8H2. The van der Waals surface area contributed by atoms with Crippen molar-refractivity contribution < 1.29 is 9.90 Å². The lowest BCUT2D eigenvalue weighted by molar-refractivity contribution is -0.113. The second kappa shape index (κ2) is 3.66. The van der Waals surface area contributed by atoms with E-state index in [1.807, 2.05) is 6.07 Å². The summed E-state index contributed by atoms with van der Waals surface area (Å²) in [6, 6.07) is 5.25. The van der Waals surface area contributed by atoms with Gasteiger partial charge in [-0.2, -0.15) is 0 Å². The maximum atomic E-state index is 11.5. The molecule has 0 fully saturated rings. The molecule has 1 aromatic carbocycles. The van der Waals surface area contributed by atoms with Gasteiger partial charge in [0.1, 0.15) is 5.75 Å². The van der Waals surface area contributed by atoms with Crippen LogP contribution in [0.5, 0.6) is 5.75 Å². The van der Waals surface area contributed by atoms with Gasteiger partial charge in [0.2, 0.25) is 0 Å². The number of amides is 1. The molecule has 1 N–H and O–H groups in total. The second-order valence-electron chi connectivity index (χ2n) is 3.49. The zero-order valence-electron chi connectivity index (χ0n) is 8.23. The molecule has 1 aliphatic heterocycles. The molecular weight excluding hydrogens is 190 g/mol. The first-order chi connectivity index (χ1) is 7.24. The largest absolute Gasteiger partial charge is 0.506 e. The van der Waals surface area contributed by atoms with Gasteiger partial charge in [-0.05, 0) is 30.4 Å². The maximum absolute atomic E-state index is 11.5. The van der Waals surface area contributed by atoms with Crippen LogP contribution in [0.15, 0.2) is 18.2 Å². The minimum atomic E-state index is -0.391. The highest BCUT2D eigenvalue weighted by Crippen LogP contribution is 2.35. The van der Waals surface area contributed by atoms with E-state index in [0.717, 1.165) is 18.4 Å². The number of hydrogen-bond donors (Lipinski definition) is 1. The summed E-state index contributed by atoms with van der Waals surface area (Å²) in [5.41, 5.74) is 1.55. The molecule has 2 rings (SSSR count). The number of benzene rings is 1. The van der Waals surface area contributed by atoms with E-state index in [9.17, 15) is 9.90 Å². The number of fused-ring (bicyclic) bond motifs is 1. The van der Waals surface area contributed by atoms with Gasteiger partial charge in [0, 0.05) is 6.54 Å². The lowest BCUT2D eigenvalue weighted by Gasteiger charge is -2.28. The van der Waals surface area contributed by atoms with Crippen LogP contribution in [0.25, 0.3) is 0 Å². The lowest BCUT2D eigenvalue weighted by atomic mass is 10.0. The smallest absolute Gasteiger partial charge is 0.302 e. The number of carbonyl (C=O) groups excluding carboxylic acids is 1. The van der Waals surface area contributed by atoms with Crippen molar-refractivity contribution in [1.82, 2.24) is 0 Å². The topological polar surface area (TPSA) is 40.5 Å². The van der Waals surface area contributed by atoms with Gasteiger partial charge in [-0.3, -0.25) is 9.69 Å². The fraction of sp³-hybridized carbons (Fsp3) is 0.250. The summed E-state index contributed by atoms with van der Waals surface area (Å²) in [5, 5.41) is 9.71. The molecular formula is C12H11NO2. The molecule has 1 aliphatic rings. The molecule has 0 unspecified atom stereocenters. The highest BCUT2D eigenvalue weighted by Gasteiger charge is 2.23. The minimum absolute atomic E-state index is 0.121. The van der Waals surface area contributed by atoms with E-state index in [0.29, 0.717) is 12.2 Å². The van der Waals surface area contributed by atoms with Gasteiger partial charge in [-0.15, -0.1) is 6.42 Å². The molecule has 0 aliphatic carbocycles. The van der Waals surface area contributed by atoms with Crippen molar-refractivity contribution in [3.8, 4) is 18.1 Å². The average molecular weight is 201 g/mol. The average Bonchev–Trinajstić information content (AvgIpc) is 2.28. The Kier molecular flexibility index (Phi) is 2.34. The van der Waals surface area contributed by atoms with Gasteiger partial charge < -0.3 is 5.11 Å². The van der Waals surface area contributed by atoms with Gasteiger partial charge in [-0.25, -0.2) is 0 Å². The van der Waals surface area contributed by atoms with Crippen molar-refractivity contribution in [2.45, 2.75) is 12.8 Å². The van der Waals surface area contributed by atoms with Crippen molar-refractivity contribution in [3.05, 3.63) is 23.8 Å². The number of para-hydroxylation sites is 1. The summed E-state index contributed by atoms with van der Waals surface area (Å²) >= 11 is 0. The summed E-state index contributed by atoms with van der Waals surface area (Å²) in [7, 11) is 0. The highest BCUT2D eigenvalue weighted by molar-refractivity contribution is 6.07. The Morgan fingerprint density at radius 1 is 1.53 bits per heavy atom. The zero-order valence-corrected chi connectivity index (χ0v) is 8.23. The second-order valence-corrected chi connectivity index (χ2v) is 3.49. The molecule has 3 nitrogen and oxygen atoms in total. The van der Waals surface area contributed by atoms with E-state index in [1.54, 1.807) is 12.1 Å². The zero-order chi connectivity index (χ0) is 10.8. The number of phenolic OH excluding ortho intramolecular Hbond substituents is 1. The van der Waals surface area contributed by atoms with Crippen LogP contribution in [-0.2, 0) is 11.2 Å². The van der Waals surface area contributed by atoms with E-state index in [4.69, 9.17) is 6.42 Å². The third kappa shape index (κ3) is 1.55. The minimum Gasteiger partial charge on any atom is -0.506 e. The van der Waals surface area contributed by atoms with Gasteiger partial charge in [0.05, 0.1) is 5.69 Å². The molecule has 0 bridgehead atoms. The Balaban J connectivity index is 2.51. The number of aryl methyl sites for hydroxylation is 1. The number of anilines is 1. The maximum Gasteiger partial charge on any atom is 0.302 e. The monoisotopic (exact) mass is 201 g/mol. The van der Waals surface area contributed by atoms with Crippen LogP contribution in [-0.4, -0.2) is 17.6 Å². The van der Waals surface area contributed by atoms with Crippen LogP contribution in [0.2, 0.25) is 0 Å². The van der Waals surface area contributed by atoms with Crippen LogP contribution in [0, 0.1) is 12.3 Å². The van der Waals surface area contributed by atoms with Gasteiger partial charge >= 0.3 is 5.91 Å². The first-order valence-corrected chi connectivity index (χ1v) is 4.83. The van der Waals surface area contributed by atoms with Crippen molar-refractivity contribution in [2.24, 2.45) is 0 Å². The van der Waals surface area contributed by atoms with Gasteiger partial charge in [0.25, 0.3) is 0 Å². The number of rotatable bonds is 0. The Hall–Kier alpha value is -1.95. The molecule has 1 heterocycles. The van der Waals surface area contributed by atoms with E-state index >= 15 is 0 Å². The summed E-state index contributed by atoms with van der Waals surface area (Å²) in [4.78, 5) is 12.9. The molecule has 0 radical (unpaired) electrons. The number of phenols is 1. The van der Waals surface area contributed by atoms with Crippen LogP contribution in [0.1, 0.15) is 12.0 Å². The van der Waals surface area contributed by atoms with Gasteiger partial charge in [-0.1, -0.05) is 12.1 Å². The third-order valence-corrected chi connectivity index (χ3v) is 2.56. The summed E-state index contributed by atoms with van der Waals surface area (Å²) in [5.74, 6) is 1.81. The number of terminal acetylenes is 1. The number of carbonyl (C=O) groups is 1. The number of hydrogen-bond acceptors (Lipinski definition) is 2. The predicted octanol–water partition coefficient (Wildman–Crippen LogP) is 1.30. The lowest BCUT2D eigenvalue weighted by Crippen LogP contribution is -2.34. The Morgan fingerprint density at radius 2 is 2.33 bits per heavy atom. The fourth-order valence-electron chi connectivity index (χ4n) is 1.91.